The number of aromatic nitrogens is 2. The van der Waals surface area contributed by atoms with E-state index in [1.807, 2.05) is 0 Å². The zero-order valence-electron chi connectivity index (χ0n) is 11.8. The summed E-state index contributed by atoms with van der Waals surface area (Å²) in [6.45, 7) is 2.09. The molecule has 1 saturated heterocycles. The van der Waals surface area contributed by atoms with E-state index in [0.29, 0.717) is 11.7 Å². The molecule has 1 aromatic rings. The van der Waals surface area contributed by atoms with Gasteiger partial charge in [0.25, 0.3) is 5.91 Å². The molecule has 1 aromatic heterocycles. The quantitative estimate of drug-likeness (QED) is 0.917. The minimum absolute atomic E-state index is 0.0883. The molecule has 0 atom stereocenters. The van der Waals surface area contributed by atoms with Crippen molar-refractivity contribution in [2.24, 2.45) is 0 Å². The van der Waals surface area contributed by atoms with Gasteiger partial charge >= 0.3 is 0 Å². The summed E-state index contributed by atoms with van der Waals surface area (Å²) in [5.41, 5.74) is 0.428. The van der Waals surface area contributed by atoms with Gasteiger partial charge in [0.2, 0.25) is 0 Å². The molecule has 3 rings (SSSR count). The Morgan fingerprint density at radius 3 is 2.45 bits per heavy atom. The zero-order chi connectivity index (χ0) is 13.8. The lowest BCUT2D eigenvalue weighted by molar-refractivity contribution is 0.0932. The maximum Gasteiger partial charge on any atom is 0.271 e. The number of hydrogen-bond donors (Lipinski definition) is 1. The van der Waals surface area contributed by atoms with Crippen molar-refractivity contribution < 1.29 is 4.79 Å². The van der Waals surface area contributed by atoms with Crippen molar-refractivity contribution in [1.82, 2.24) is 15.3 Å². The summed E-state index contributed by atoms with van der Waals surface area (Å²) >= 11 is 0. The van der Waals surface area contributed by atoms with Crippen molar-refractivity contribution in [3.8, 4) is 0 Å². The Morgan fingerprint density at radius 1 is 1.05 bits per heavy atom. The second-order valence-corrected chi connectivity index (χ2v) is 5.76. The van der Waals surface area contributed by atoms with E-state index in [0.717, 1.165) is 31.7 Å². The number of carbonyl (C=O) groups excluding carboxylic acids is 1. The van der Waals surface area contributed by atoms with Crippen LogP contribution >= 0.6 is 0 Å². The molecule has 1 amide bonds. The second kappa shape index (κ2) is 6.20. The Balaban J connectivity index is 1.61. The summed E-state index contributed by atoms with van der Waals surface area (Å²) in [4.78, 5) is 23.0. The van der Waals surface area contributed by atoms with E-state index in [1.54, 1.807) is 12.4 Å². The van der Waals surface area contributed by atoms with Crippen LogP contribution in [0.4, 0.5) is 5.82 Å². The van der Waals surface area contributed by atoms with Gasteiger partial charge in [0.05, 0.1) is 12.4 Å². The monoisotopic (exact) mass is 274 g/mol. The third-order valence-electron chi connectivity index (χ3n) is 4.24. The van der Waals surface area contributed by atoms with Gasteiger partial charge in [-0.25, -0.2) is 9.97 Å². The Labute approximate surface area is 119 Å². The molecule has 0 spiro atoms. The number of anilines is 1. The van der Waals surface area contributed by atoms with Crippen LogP contribution in [0.1, 0.15) is 55.4 Å². The third kappa shape index (κ3) is 3.08. The van der Waals surface area contributed by atoms with Crippen molar-refractivity contribution >= 4 is 11.7 Å². The van der Waals surface area contributed by atoms with E-state index in [1.165, 1.54) is 32.1 Å². The molecule has 1 saturated carbocycles. The summed E-state index contributed by atoms with van der Waals surface area (Å²) in [7, 11) is 0. The van der Waals surface area contributed by atoms with Crippen LogP contribution in [0.25, 0.3) is 0 Å². The lowest BCUT2D eigenvalue weighted by Crippen LogP contribution is -2.34. The molecule has 0 radical (unpaired) electrons. The van der Waals surface area contributed by atoms with Crippen LogP contribution in [-0.4, -0.2) is 35.0 Å². The maximum atomic E-state index is 12.1. The largest absolute Gasteiger partial charge is 0.355 e. The molecule has 1 aliphatic carbocycles. The first kappa shape index (κ1) is 13.3. The topological polar surface area (TPSA) is 58.1 Å². The van der Waals surface area contributed by atoms with Crippen molar-refractivity contribution in [2.75, 3.05) is 18.0 Å². The minimum Gasteiger partial charge on any atom is -0.355 e. The van der Waals surface area contributed by atoms with E-state index in [4.69, 9.17) is 0 Å². The highest BCUT2D eigenvalue weighted by Crippen LogP contribution is 2.19. The van der Waals surface area contributed by atoms with E-state index < -0.39 is 0 Å². The Hall–Kier alpha value is -1.65. The number of amides is 1. The first-order valence-electron chi connectivity index (χ1n) is 7.71. The summed E-state index contributed by atoms with van der Waals surface area (Å²) in [5, 5.41) is 3.04. The first-order valence-corrected chi connectivity index (χ1v) is 7.71. The van der Waals surface area contributed by atoms with Gasteiger partial charge in [0, 0.05) is 19.1 Å². The van der Waals surface area contributed by atoms with Crippen molar-refractivity contribution in [2.45, 2.75) is 51.0 Å². The molecular formula is C15H22N4O. The number of piperidine rings is 1. The van der Waals surface area contributed by atoms with E-state index >= 15 is 0 Å². The van der Waals surface area contributed by atoms with Gasteiger partial charge in [-0.3, -0.25) is 4.79 Å². The average molecular weight is 274 g/mol. The van der Waals surface area contributed by atoms with Crippen LogP contribution in [-0.2, 0) is 0 Å². The number of nitrogens with zero attached hydrogens (tertiary/aromatic N) is 3. The molecule has 0 unspecified atom stereocenters. The second-order valence-electron chi connectivity index (χ2n) is 5.76. The molecule has 0 bridgehead atoms. The fourth-order valence-corrected chi connectivity index (χ4v) is 3.05. The average Bonchev–Trinajstić information content (AvgIpc) is 3.01. The van der Waals surface area contributed by atoms with Crippen LogP contribution in [0.2, 0.25) is 0 Å². The highest BCUT2D eigenvalue weighted by Gasteiger charge is 2.19. The lowest BCUT2D eigenvalue weighted by atomic mass is 10.1. The molecular weight excluding hydrogens is 252 g/mol. The Bertz CT molecular complexity index is 447. The SMILES string of the molecule is O=C(NC1CCCC1)c1cnc(N2CCCCC2)cn1. The van der Waals surface area contributed by atoms with Gasteiger partial charge in [-0.15, -0.1) is 0 Å². The zero-order valence-corrected chi connectivity index (χ0v) is 11.8. The van der Waals surface area contributed by atoms with Crippen molar-refractivity contribution in [1.29, 1.82) is 0 Å². The summed E-state index contributed by atoms with van der Waals surface area (Å²) < 4.78 is 0. The van der Waals surface area contributed by atoms with E-state index in [9.17, 15) is 4.79 Å². The van der Waals surface area contributed by atoms with Crippen molar-refractivity contribution in [3.63, 3.8) is 0 Å². The summed E-state index contributed by atoms with van der Waals surface area (Å²) in [5.74, 6) is 0.803. The van der Waals surface area contributed by atoms with Crippen LogP contribution in [0, 0.1) is 0 Å². The normalized spacial score (nSPS) is 20.1. The fourth-order valence-electron chi connectivity index (χ4n) is 3.05. The fraction of sp³-hybridized carbons (Fsp3) is 0.667. The molecule has 1 aliphatic heterocycles. The number of rotatable bonds is 3. The molecule has 1 N–H and O–H groups in total. The van der Waals surface area contributed by atoms with E-state index in [2.05, 4.69) is 20.2 Å². The number of carbonyl (C=O) groups is 1. The van der Waals surface area contributed by atoms with E-state index in [-0.39, 0.29) is 5.91 Å². The van der Waals surface area contributed by atoms with Crippen LogP contribution in [0.3, 0.4) is 0 Å². The predicted molar refractivity (Wildman–Crippen MR) is 77.8 cm³/mol. The van der Waals surface area contributed by atoms with Crippen LogP contribution < -0.4 is 10.2 Å². The molecule has 20 heavy (non-hydrogen) atoms. The molecule has 2 fully saturated rings. The Kier molecular flexibility index (Phi) is 4.14. The molecule has 0 aromatic carbocycles. The molecule has 2 aliphatic rings. The van der Waals surface area contributed by atoms with Gasteiger partial charge < -0.3 is 10.2 Å². The molecule has 2 heterocycles. The van der Waals surface area contributed by atoms with Gasteiger partial charge in [-0.2, -0.15) is 0 Å². The van der Waals surface area contributed by atoms with Crippen molar-refractivity contribution in [3.05, 3.63) is 18.1 Å². The number of hydrogen-bond acceptors (Lipinski definition) is 4. The molecule has 5 nitrogen and oxygen atoms in total. The first-order chi connectivity index (χ1) is 9.83. The highest BCUT2D eigenvalue weighted by atomic mass is 16.1. The summed E-state index contributed by atoms with van der Waals surface area (Å²) in [6, 6.07) is 0.325. The minimum atomic E-state index is -0.0883. The third-order valence-corrected chi connectivity index (χ3v) is 4.24. The van der Waals surface area contributed by atoms with Crippen LogP contribution in [0.5, 0.6) is 0 Å². The van der Waals surface area contributed by atoms with Gasteiger partial charge in [0.1, 0.15) is 11.5 Å². The smallest absolute Gasteiger partial charge is 0.271 e. The van der Waals surface area contributed by atoms with Gasteiger partial charge in [-0.1, -0.05) is 12.8 Å². The maximum absolute atomic E-state index is 12.1. The highest BCUT2D eigenvalue weighted by molar-refractivity contribution is 5.92. The van der Waals surface area contributed by atoms with Crippen LogP contribution in [0.15, 0.2) is 12.4 Å². The summed E-state index contributed by atoms with van der Waals surface area (Å²) in [6.07, 6.45) is 11.7. The lowest BCUT2D eigenvalue weighted by Gasteiger charge is -2.27. The van der Waals surface area contributed by atoms with Gasteiger partial charge in [0.15, 0.2) is 0 Å². The Morgan fingerprint density at radius 2 is 1.80 bits per heavy atom. The van der Waals surface area contributed by atoms with Gasteiger partial charge in [-0.05, 0) is 32.1 Å². The predicted octanol–water partition coefficient (Wildman–Crippen LogP) is 2.14. The standard InChI is InChI=1S/C15H22N4O/c20-15(18-12-6-2-3-7-12)13-10-17-14(11-16-13)19-8-4-1-5-9-19/h10-12H,1-9H2,(H,18,20). The molecule has 5 heteroatoms. The molecule has 108 valence electrons. The number of nitrogens with one attached hydrogen (secondary N) is 1.